The number of piperidine rings is 1. The van der Waals surface area contributed by atoms with Crippen LogP contribution in [-0.2, 0) is 19.5 Å². The van der Waals surface area contributed by atoms with Gasteiger partial charge in [0.2, 0.25) is 0 Å². The molecule has 2 aromatic heterocycles. The lowest BCUT2D eigenvalue weighted by atomic mass is 10.1. The number of para-hydroxylation sites is 1. The molecule has 5 rings (SSSR count). The molecule has 0 saturated carbocycles. The van der Waals surface area contributed by atoms with Gasteiger partial charge in [-0.15, -0.1) is 0 Å². The van der Waals surface area contributed by atoms with E-state index in [2.05, 4.69) is 61.7 Å². The molecule has 0 spiro atoms. The molecule has 3 aromatic rings. The van der Waals surface area contributed by atoms with Crippen molar-refractivity contribution < 1.29 is 0 Å². The molecule has 0 N–H and O–H groups in total. The summed E-state index contributed by atoms with van der Waals surface area (Å²) in [6.07, 6.45) is 6.84. The highest BCUT2D eigenvalue weighted by Gasteiger charge is 2.26. The first-order valence-electron chi connectivity index (χ1n) is 11.1. The van der Waals surface area contributed by atoms with Gasteiger partial charge in [0.15, 0.2) is 0 Å². The van der Waals surface area contributed by atoms with Crippen LogP contribution in [0, 0.1) is 13.8 Å². The van der Waals surface area contributed by atoms with Gasteiger partial charge in [-0.3, -0.25) is 4.90 Å². The standard InChI is InChI=1S/C24H30N6/c1-18-22(17-28-14-11-23-20(16-28)15-25-19(2)26-23)24(29-12-7-4-8-13-29)30(27-18)21-9-5-3-6-10-21/h3,5-6,9-10,15H,4,7-8,11-14,16-17H2,1-2H3. The molecule has 2 aliphatic heterocycles. The van der Waals surface area contributed by atoms with Crippen molar-refractivity contribution in [2.24, 2.45) is 0 Å². The third kappa shape index (κ3) is 3.72. The van der Waals surface area contributed by atoms with Crippen molar-refractivity contribution in [1.82, 2.24) is 24.6 Å². The summed E-state index contributed by atoms with van der Waals surface area (Å²) in [6, 6.07) is 10.6. The molecule has 0 atom stereocenters. The van der Waals surface area contributed by atoms with Crippen molar-refractivity contribution >= 4 is 5.82 Å². The molecule has 4 heterocycles. The summed E-state index contributed by atoms with van der Waals surface area (Å²) in [4.78, 5) is 14.1. The molecule has 1 saturated heterocycles. The first-order valence-corrected chi connectivity index (χ1v) is 11.1. The summed E-state index contributed by atoms with van der Waals surface area (Å²) >= 11 is 0. The van der Waals surface area contributed by atoms with E-state index >= 15 is 0 Å². The molecule has 2 aliphatic rings. The zero-order chi connectivity index (χ0) is 20.5. The Morgan fingerprint density at radius 3 is 2.57 bits per heavy atom. The number of fused-ring (bicyclic) bond motifs is 1. The first kappa shape index (κ1) is 19.2. The number of rotatable bonds is 4. The highest BCUT2D eigenvalue weighted by atomic mass is 15.4. The molecule has 0 radical (unpaired) electrons. The zero-order valence-corrected chi connectivity index (χ0v) is 18.0. The Morgan fingerprint density at radius 2 is 1.77 bits per heavy atom. The van der Waals surface area contributed by atoms with E-state index in [1.165, 1.54) is 41.9 Å². The number of hydrogen-bond donors (Lipinski definition) is 0. The average Bonchev–Trinajstić information content (AvgIpc) is 3.11. The third-order valence-corrected chi connectivity index (χ3v) is 6.33. The smallest absolute Gasteiger partial charge is 0.137 e. The maximum absolute atomic E-state index is 5.00. The molecule has 156 valence electrons. The molecule has 0 aliphatic carbocycles. The lowest BCUT2D eigenvalue weighted by Crippen LogP contribution is -2.34. The van der Waals surface area contributed by atoms with Crippen molar-refractivity contribution in [2.75, 3.05) is 24.5 Å². The molecular formula is C24H30N6. The van der Waals surface area contributed by atoms with Gasteiger partial charge in [0.05, 0.1) is 11.4 Å². The zero-order valence-electron chi connectivity index (χ0n) is 18.0. The largest absolute Gasteiger partial charge is 0.356 e. The highest BCUT2D eigenvalue weighted by molar-refractivity contribution is 5.55. The minimum Gasteiger partial charge on any atom is -0.356 e. The van der Waals surface area contributed by atoms with Gasteiger partial charge < -0.3 is 4.90 Å². The summed E-state index contributed by atoms with van der Waals surface area (Å²) < 4.78 is 2.17. The van der Waals surface area contributed by atoms with E-state index in [1.807, 2.05) is 13.1 Å². The normalized spacial score (nSPS) is 17.2. The van der Waals surface area contributed by atoms with Crippen LogP contribution in [0.5, 0.6) is 0 Å². The lowest BCUT2D eigenvalue weighted by Gasteiger charge is -2.32. The minimum absolute atomic E-state index is 0.870. The van der Waals surface area contributed by atoms with E-state index in [1.54, 1.807) is 0 Å². The van der Waals surface area contributed by atoms with Crippen LogP contribution in [0.3, 0.4) is 0 Å². The first-order chi connectivity index (χ1) is 14.7. The maximum atomic E-state index is 5.00. The summed E-state index contributed by atoms with van der Waals surface area (Å²) in [7, 11) is 0. The van der Waals surface area contributed by atoms with Crippen LogP contribution in [0.2, 0.25) is 0 Å². The summed E-state index contributed by atoms with van der Waals surface area (Å²) in [6.45, 7) is 9.20. The Hall–Kier alpha value is -2.73. The lowest BCUT2D eigenvalue weighted by molar-refractivity contribution is 0.242. The van der Waals surface area contributed by atoms with Crippen molar-refractivity contribution in [3.8, 4) is 5.69 Å². The van der Waals surface area contributed by atoms with E-state index in [4.69, 9.17) is 5.10 Å². The fraction of sp³-hybridized carbons (Fsp3) is 0.458. The van der Waals surface area contributed by atoms with Crippen LogP contribution in [0.1, 0.15) is 47.6 Å². The fourth-order valence-electron chi connectivity index (χ4n) is 4.75. The Balaban J connectivity index is 1.48. The molecule has 0 amide bonds. The van der Waals surface area contributed by atoms with E-state index in [0.717, 1.165) is 56.4 Å². The molecule has 1 fully saturated rings. The number of aryl methyl sites for hydroxylation is 2. The SMILES string of the molecule is Cc1ncc2c(n1)CCN(Cc1c(C)nn(-c3ccccc3)c1N1CCCCC1)C2. The van der Waals surface area contributed by atoms with Crippen LogP contribution in [0.25, 0.3) is 5.69 Å². The Morgan fingerprint density at radius 1 is 0.967 bits per heavy atom. The topological polar surface area (TPSA) is 50.1 Å². The number of nitrogens with zero attached hydrogens (tertiary/aromatic N) is 6. The van der Waals surface area contributed by atoms with Gasteiger partial charge in [0, 0.05) is 62.2 Å². The van der Waals surface area contributed by atoms with Gasteiger partial charge in [0.25, 0.3) is 0 Å². The van der Waals surface area contributed by atoms with Crippen LogP contribution >= 0.6 is 0 Å². The summed E-state index contributed by atoms with van der Waals surface area (Å²) in [5, 5.41) is 5.00. The number of aromatic nitrogens is 4. The van der Waals surface area contributed by atoms with Crippen molar-refractivity contribution in [1.29, 1.82) is 0 Å². The second kappa shape index (κ2) is 8.19. The second-order valence-electron chi connectivity index (χ2n) is 8.53. The molecule has 0 unspecified atom stereocenters. The van der Waals surface area contributed by atoms with Crippen LogP contribution in [0.4, 0.5) is 5.82 Å². The van der Waals surface area contributed by atoms with E-state index in [0.29, 0.717) is 0 Å². The second-order valence-corrected chi connectivity index (χ2v) is 8.53. The maximum Gasteiger partial charge on any atom is 0.137 e. The van der Waals surface area contributed by atoms with Gasteiger partial charge >= 0.3 is 0 Å². The number of benzene rings is 1. The predicted molar refractivity (Wildman–Crippen MR) is 119 cm³/mol. The molecule has 1 aromatic carbocycles. The monoisotopic (exact) mass is 402 g/mol. The highest BCUT2D eigenvalue weighted by Crippen LogP contribution is 2.31. The van der Waals surface area contributed by atoms with E-state index < -0.39 is 0 Å². The Kier molecular flexibility index (Phi) is 5.25. The molecular weight excluding hydrogens is 372 g/mol. The number of anilines is 1. The number of hydrogen-bond acceptors (Lipinski definition) is 5. The molecule has 6 nitrogen and oxygen atoms in total. The minimum atomic E-state index is 0.870. The van der Waals surface area contributed by atoms with Gasteiger partial charge in [0.1, 0.15) is 11.6 Å². The molecule has 6 heteroatoms. The van der Waals surface area contributed by atoms with Gasteiger partial charge in [-0.2, -0.15) is 5.10 Å². The molecule has 0 bridgehead atoms. The Bertz CT molecular complexity index is 1020. The fourth-order valence-corrected chi connectivity index (χ4v) is 4.75. The quantitative estimate of drug-likeness (QED) is 0.664. The third-order valence-electron chi connectivity index (χ3n) is 6.33. The van der Waals surface area contributed by atoms with Crippen LogP contribution < -0.4 is 4.90 Å². The molecule has 30 heavy (non-hydrogen) atoms. The van der Waals surface area contributed by atoms with Crippen molar-refractivity contribution in [3.05, 3.63) is 64.9 Å². The van der Waals surface area contributed by atoms with Crippen molar-refractivity contribution in [3.63, 3.8) is 0 Å². The van der Waals surface area contributed by atoms with Crippen LogP contribution in [-0.4, -0.2) is 44.3 Å². The Labute approximate surface area is 178 Å². The summed E-state index contributed by atoms with van der Waals surface area (Å²) in [5.41, 5.74) is 6.11. The van der Waals surface area contributed by atoms with Gasteiger partial charge in [-0.1, -0.05) is 18.2 Å². The average molecular weight is 403 g/mol. The predicted octanol–water partition coefficient (Wildman–Crippen LogP) is 3.83. The summed E-state index contributed by atoms with van der Waals surface area (Å²) in [5.74, 6) is 2.15. The van der Waals surface area contributed by atoms with Crippen molar-refractivity contribution in [2.45, 2.75) is 52.6 Å². The van der Waals surface area contributed by atoms with E-state index in [9.17, 15) is 0 Å². The van der Waals surface area contributed by atoms with Gasteiger partial charge in [-0.25, -0.2) is 14.6 Å². The van der Waals surface area contributed by atoms with E-state index in [-0.39, 0.29) is 0 Å². The van der Waals surface area contributed by atoms with Crippen LogP contribution in [0.15, 0.2) is 36.5 Å². The van der Waals surface area contributed by atoms with Gasteiger partial charge in [-0.05, 0) is 45.2 Å².